The molecular weight excluding hydrogens is 438 g/mol. The minimum atomic E-state index is -0.410. The van der Waals surface area contributed by atoms with Gasteiger partial charge >= 0.3 is 0 Å². The van der Waals surface area contributed by atoms with Crippen molar-refractivity contribution in [2.75, 3.05) is 0 Å². The number of fused-ring (bicyclic) bond motifs is 4. The van der Waals surface area contributed by atoms with E-state index in [0.717, 1.165) is 27.8 Å². The van der Waals surface area contributed by atoms with Crippen molar-refractivity contribution < 1.29 is 4.92 Å². The van der Waals surface area contributed by atoms with E-state index in [9.17, 15) is 10.1 Å². The zero-order chi connectivity index (χ0) is 22.4. The van der Waals surface area contributed by atoms with Gasteiger partial charge in [-0.3, -0.25) is 14.5 Å². The number of imidazole rings is 2. The van der Waals surface area contributed by atoms with E-state index in [1.807, 2.05) is 30.3 Å². The van der Waals surface area contributed by atoms with E-state index >= 15 is 0 Å². The third-order valence-electron chi connectivity index (χ3n) is 5.52. The van der Waals surface area contributed by atoms with E-state index in [2.05, 4.69) is 53.4 Å². The summed E-state index contributed by atoms with van der Waals surface area (Å²) in [6.45, 7) is 0.697. The van der Waals surface area contributed by atoms with Crippen molar-refractivity contribution in [3.63, 3.8) is 0 Å². The van der Waals surface area contributed by atoms with Crippen LogP contribution in [0.1, 0.15) is 11.4 Å². The lowest BCUT2D eigenvalue weighted by Crippen LogP contribution is -2.00. The summed E-state index contributed by atoms with van der Waals surface area (Å²) in [4.78, 5) is 18.4. The molecule has 0 aliphatic rings. The first kappa shape index (κ1) is 19.5. The van der Waals surface area contributed by atoms with Crippen LogP contribution in [0.3, 0.4) is 0 Å². The Labute approximate surface area is 191 Å². The maximum atomic E-state index is 11.0. The number of nitrogens with zero attached hydrogens (tertiary/aromatic N) is 6. The zero-order valence-electron chi connectivity index (χ0n) is 17.3. The Bertz CT molecular complexity index is 1630. The number of para-hydroxylation sites is 2. The van der Waals surface area contributed by atoms with Gasteiger partial charge < -0.3 is 9.55 Å². The summed E-state index contributed by atoms with van der Waals surface area (Å²) in [6.07, 6.45) is 0. The normalized spacial score (nSPS) is 11.6. The second-order valence-corrected chi connectivity index (χ2v) is 8.55. The molecule has 0 saturated heterocycles. The number of aromatic amines is 1. The summed E-state index contributed by atoms with van der Waals surface area (Å²) in [7, 11) is 0. The molecule has 0 unspecified atom stereocenters. The molecule has 1 N–H and O–H groups in total. The fourth-order valence-electron chi connectivity index (χ4n) is 4.02. The van der Waals surface area contributed by atoms with Gasteiger partial charge in [0.15, 0.2) is 5.16 Å². The number of nitro groups is 1. The van der Waals surface area contributed by atoms with Gasteiger partial charge in [0.2, 0.25) is 5.78 Å². The molecule has 0 bridgehead atoms. The topological polar surface area (TPSA) is 107 Å². The van der Waals surface area contributed by atoms with Crippen molar-refractivity contribution in [3.05, 3.63) is 94.3 Å². The lowest BCUT2D eigenvalue weighted by Gasteiger charge is -2.04. The highest BCUT2D eigenvalue weighted by molar-refractivity contribution is 7.98. The van der Waals surface area contributed by atoms with Gasteiger partial charge in [-0.2, -0.15) is 0 Å². The van der Waals surface area contributed by atoms with Crippen molar-refractivity contribution >= 4 is 45.3 Å². The largest absolute Gasteiger partial charge is 0.341 e. The van der Waals surface area contributed by atoms with Gasteiger partial charge in [0.05, 0.1) is 39.3 Å². The number of benzene rings is 3. The molecule has 6 aromatic rings. The van der Waals surface area contributed by atoms with Crippen LogP contribution in [-0.4, -0.2) is 34.1 Å². The summed E-state index contributed by atoms with van der Waals surface area (Å²) in [5, 5.41) is 20.7. The molecule has 0 amide bonds. The molecule has 3 aromatic carbocycles. The number of aromatic nitrogens is 6. The van der Waals surface area contributed by atoms with Gasteiger partial charge in [0, 0.05) is 12.1 Å². The Hall–Kier alpha value is -4.18. The first-order valence-corrected chi connectivity index (χ1v) is 11.3. The molecule has 6 rings (SSSR count). The predicted molar refractivity (Wildman–Crippen MR) is 126 cm³/mol. The van der Waals surface area contributed by atoms with E-state index in [-0.39, 0.29) is 5.69 Å². The Morgan fingerprint density at radius 1 is 0.970 bits per heavy atom. The van der Waals surface area contributed by atoms with E-state index < -0.39 is 4.92 Å². The number of hydrogen-bond acceptors (Lipinski definition) is 6. The minimum absolute atomic E-state index is 0.0377. The van der Waals surface area contributed by atoms with Crippen LogP contribution in [0, 0.1) is 10.1 Å². The van der Waals surface area contributed by atoms with Crippen molar-refractivity contribution in [2.24, 2.45) is 0 Å². The van der Waals surface area contributed by atoms with Gasteiger partial charge in [-0.25, -0.2) is 4.98 Å². The highest BCUT2D eigenvalue weighted by atomic mass is 32.2. The quantitative estimate of drug-likeness (QED) is 0.219. The monoisotopic (exact) mass is 455 g/mol. The molecule has 0 fully saturated rings. The smallest absolute Gasteiger partial charge is 0.271 e. The fourth-order valence-corrected chi connectivity index (χ4v) is 4.83. The lowest BCUT2D eigenvalue weighted by atomic mass is 10.2. The molecule has 3 aromatic heterocycles. The standard InChI is InChI=1S/C23H17N7O2S/c31-30(32)16-10-11-17-18(12-16)25-21(24-17)14-33-23-27-26-22-28(13-15-6-2-1-3-7-15)19-8-4-5-9-20(19)29(22)23/h1-12H,13-14H2,(H,24,25). The zero-order valence-corrected chi connectivity index (χ0v) is 18.1. The van der Waals surface area contributed by atoms with Crippen LogP contribution in [0.5, 0.6) is 0 Å². The molecule has 162 valence electrons. The highest BCUT2D eigenvalue weighted by Gasteiger charge is 2.18. The minimum Gasteiger partial charge on any atom is -0.341 e. The fraction of sp³-hybridized carbons (Fsp3) is 0.0870. The van der Waals surface area contributed by atoms with Gasteiger partial charge in [-0.05, 0) is 23.8 Å². The molecule has 33 heavy (non-hydrogen) atoms. The number of non-ortho nitro benzene ring substituents is 1. The number of nitrogens with one attached hydrogen (secondary N) is 1. The van der Waals surface area contributed by atoms with Gasteiger partial charge in [-0.15, -0.1) is 10.2 Å². The van der Waals surface area contributed by atoms with Gasteiger partial charge in [-0.1, -0.05) is 54.2 Å². The number of H-pyrrole nitrogens is 1. The van der Waals surface area contributed by atoms with Crippen LogP contribution in [-0.2, 0) is 12.3 Å². The lowest BCUT2D eigenvalue weighted by molar-refractivity contribution is -0.384. The molecule has 0 atom stereocenters. The van der Waals surface area contributed by atoms with Crippen molar-refractivity contribution in [3.8, 4) is 0 Å². The Morgan fingerprint density at radius 3 is 2.58 bits per heavy atom. The van der Waals surface area contributed by atoms with Crippen molar-refractivity contribution in [2.45, 2.75) is 17.5 Å². The Morgan fingerprint density at radius 2 is 1.76 bits per heavy atom. The maximum absolute atomic E-state index is 11.0. The molecule has 3 heterocycles. The van der Waals surface area contributed by atoms with E-state index in [1.54, 1.807) is 6.07 Å². The average molecular weight is 456 g/mol. The van der Waals surface area contributed by atoms with Gasteiger partial charge in [0.25, 0.3) is 5.69 Å². The third kappa shape index (κ3) is 3.40. The number of nitro benzene ring substituents is 1. The van der Waals surface area contributed by atoms with Gasteiger partial charge in [0.1, 0.15) is 5.82 Å². The van der Waals surface area contributed by atoms with Crippen LogP contribution < -0.4 is 0 Å². The summed E-state index contributed by atoms with van der Waals surface area (Å²) in [5.41, 5.74) is 4.69. The third-order valence-corrected chi connectivity index (χ3v) is 6.46. The van der Waals surface area contributed by atoms with E-state index in [1.165, 1.54) is 29.5 Å². The first-order valence-electron chi connectivity index (χ1n) is 10.3. The number of hydrogen-bond donors (Lipinski definition) is 1. The first-order chi connectivity index (χ1) is 16.2. The molecular formula is C23H17N7O2S. The van der Waals surface area contributed by atoms with Crippen LogP contribution >= 0.6 is 11.8 Å². The number of rotatable bonds is 6. The van der Waals surface area contributed by atoms with Crippen LogP contribution in [0.25, 0.3) is 27.8 Å². The Kier molecular flexibility index (Phi) is 4.58. The summed E-state index contributed by atoms with van der Waals surface area (Å²) >= 11 is 1.52. The average Bonchev–Trinajstić information content (AvgIpc) is 3.52. The molecule has 0 saturated carbocycles. The van der Waals surface area contributed by atoms with Crippen LogP contribution in [0.2, 0.25) is 0 Å². The summed E-state index contributed by atoms with van der Waals surface area (Å²) in [6, 6.07) is 23.1. The van der Waals surface area contributed by atoms with Crippen LogP contribution in [0.15, 0.2) is 78.0 Å². The summed E-state index contributed by atoms with van der Waals surface area (Å²) < 4.78 is 4.23. The molecule has 0 aliphatic heterocycles. The SMILES string of the molecule is O=[N+]([O-])c1ccc2nc(CSc3nnc4n(Cc5ccccc5)c5ccccc5n34)[nH]c2c1. The van der Waals surface area contributed by atoms with E-state index in [0.29, 0.717) is 23.3 Å². The number of thioether (sulfide) groups is 1. The summed E-state index contributed by atoms with van der Waals surface area (Å²) in [5.74, 6) is 2.03. The molecule has 9 nitrogen and oxygen atoms in total. The molecule has 0 radical (unpaired) electrons. The Balaban J connectivity index is 1.35. The highest BCUT2D eigenvalue weighted by Crippen LogP contribution is 2.29. The molecule has 0 aliphatic carbocycles. The maximum Gasteiger partial charge on any atom is 0.271 e. The molecule has 0 spiro atoms. The second kappa shape index (κ2) is 7.75. The second-order valence-electron chi connectivity index (χ2n) is 7.61. The van der Waals surface area contributed by atoms with Crippen molar-refractivity contribution in [1.82, 2.24) is 29.1 Å². The predicted octanol–water partition coefficient (Wildman–Crippen LogP) is 4.81. The van der Waals surface area contributed by atoms with E-state index in [4.69, 9.17) is 0 Å². The van der Waals surface area contributed by atoms with Crippen LogP contribution in [0.4, 0.5) is 5.69 Å². The van der Waals surface area contributed by atoms with Crippen molar-refractivity contribution in [1.29, 1.82) is 0 Å². The molecule has 10 heteroatoms.